The lowest BCUT2D eigenvalue weighted by molar-refractivity contribution is -0.121. The molecule has 0 bridgehead atoms. The van der Waals surface area contributed by atoms with Crippen molar-refractivity contribution >= 4 is 5.91 Å². The molecule has 0 radical (unpaired) electrons. The minimum absolute atomic E-state index is 0.0388. The first kappa shape index (κ1) is 13.9. The molecule has 4 nitrogen and oxygen atoms in total. The third-order valence-corrected chi connectivity index (χ3v) is 2.13. The van der Waals surface area contributed by atoms with Crippen molar-refractivity contribution in [3.05, 3.63) is 0 Å². The summed E-state index contributed by atoms with van der Waals surface area (Å²) in [6.07, 6.45) is 7.31. The maximum Gasteiger partial charge on any atom is 0.220 e. The van der Waals surface area contributed by atoms with Gasteiger partial charge in [0.15, 0.2) is 0 Å². The van der Waals surface area contributed by atoms with Crippen molar-refractivity contribution in [3.8, 4) is 12.3 Å². The summed E-state index contributed by atoms with van der Waals surface area (Å²) in [6.45, 7) is 1.91. The lowest BCUT2D eigenvalue weighted by Crippen LogP contribution is -2.43. The molecule has 86 valence electrons. The van der Waals surface area contributed by atoms with Gasteiger partial charge in [-0.3, -0.25) is 4.79 Å². The Bertz CT molecular complexity index is 221. The minimum Gasteiger partial charge on any atom is -0.392 e. The van der Waals surface area contributed by atoms with Crippen LogP contribution in [0.3, 0.4) is 0 Å². The molecule has 0 saturated heterocycles. The molecule has 0 fully saturated rings. The number of hydrogen-bond acceptors (Lipinski definition) is 3. The zero-order chi connectivity index (χ0) is 11.7. The van der Waals surface area contributed by atoms with E-state index in [-0.39, 0.29) is 5.91 Å². The van der Waals surface area contributed by atoms with Crippen LogP contribution in [-0.4, -0.2) is 29.7 Å². The van der Waals surface area contributed by atoms with Crippen molar-refractivity contribution in [2.45, 2.75) is 44.8 Å². The van der Waals surface area contributed by atoms with E-state index in [4.69, 9.17) is 17.3 Å². The van der Waals surface area contributed by atoms with Crippen LogP contribution in [0.5, 0.6) is 0 Å². The number of terminal acetylenes is 1. The lowest BCUT2D eigenvalue weighted by Gasteiger charge is -2.15. The van der Waals surface area contributed by atoms with Crippen LogP contribution in [0.1, 0.15) is 32.6 Å². The number of aliphatic hydroxyl groups excluding tert-OH is 1. The number of carbonyl (C=O) groups excluding carboxylic acids is 1. The Labute approximate surface area is 91.2 Å². The van der Waals surface area contributed by atoms with Crippen LogP contribution in [0, 0.1) is 12.3 Å². The molecule has 0 aromatic carbocycles. The van der Waals surface area contributed by atoms with Crippen molar-refractivity contribution in [1.29, 1.82) is 0 Å². The highest BCUT2D eigenvalue weighted by atomic mass is 16.3. The van der Waals surface area contributed by atoms with Gasteiger partial charge in [0.25, 0.3) is 0 Å². The molecule has 4 heteroatoms. The van der Waals surface area contributed by atoms with E-state index in [0.717, 1.165) is 12.8 Å². The molecule has 0 aliphatic carbocycles. The predicted octanol–water partition coefficient (Wildman–Crippen LogP) is 0.00430. The molecule has 0 aromatic heterocycles. The van der Waals surface area contributed by atoms with Gasteiger partial charge in [-0.05, 0) is 19.8 Å². The van der Waals surface area contributed by atoms with E-state index in [1.807, 2.05) is 0 Å². The number of carbonyl (C=O) groups is 1. The van der Waals surface area contributed by atoms with Gasteiger partial charge in [0.2, 0.25) is 5.91 Å². The van der Waals surface area contributed by atoms with Gasteiger partial charge in [-0.15, -0.1) is 12.3 Å². The molecule has 2 unspecified atom stereocenters. The van der Waals surface area contributed by atoms with E-state index in [1.54, 1.807) is 6.92 Å². The van der Waals surface area contributed by atoms with E-state index in [0.29, 0.717) is 19.4 Å². The van der Waals surface area contributed by atoms with Crippen LogP contribution in [-0.2, 0) is 4.79 Å². The largest absolute Gasteiger partial charge is 0.392 e. The van der Waals surface area contributed by atoms with Crippen LogP contribution < -0.4 is 11.1 Å². The van der Waals surface area contributed by atoms with Gasteiger partial charge in [0, 0.05) is 25.4 Å². The Balaban J connectivity index is 3.46. The highest BCUT2D eigenvalue weighted by Crippen LogP contribution is 1.98. The topological polar surface area (TPSA) is 75.4 Å². The third kappa shape index (κ3) is 7.98. The second-order valence-electron chi connectivity index (χ2n) is 3.62. The molecular formula is C11H20N2O2. The molecule has 0 heterocycles. The first-order valence-corrected chi connectivity index (χ1v) is 5.21. The summed E-state index contributed by atoms with van der Waals surface area (Å²) in [5, 5.41) is 11.7. The summed E-state index contributed by atoms with van der Waals surface area (Å²) in [5.74, 6) is 2.48. The molecule has 15 heavy (non-hydrogen) atoms. The highest BCUT2D eigenvalue weighted by Gasteiger charge is 2.10. The Morgan fingerprint density at radius 3 is 2.80 bits per heavy atom. The zero-order valence-corrected chi connectivity index (χ0v) is 9.20. The fourth-order valence-electron chi connectivity index (χ4n) is 1.00. The molecule has 1 amide bonds. The second-order valence-corrected chi connectivity index (χ2v) is 3.62. The van der Waals surface area contributed by atoms with Crippen LogP contribution in [0.2, 0.25) is 0 Å². The van der Waals surface area contributed by atoms with Gasteiger partial charge >= 0.3 is 0 Å². The molecule has 0 saturated carbocycles. The van der Waals surface area contributed by atoms with Crippen molar-refractivity contribution in [2.24, 2.45) is 5.73 Å². The SMILES string of the molecule is C#CCCCCC(=O)NCC(N)C(C)O. The number of hydrogen-bond donors (Lipinski definition) is 3. The monoisotopic (exact) mass is 212 g/mol. The first-order valence-electron chi connectivity index (χ1n) is 5.21. The van der Waals surface area contributed by atoms with Crippen molar-refractivity contribution < 1.29 is 9.90 Å². The van der Waals surface area contributed by atoms with Crippen molar-refractivity contribution in [3.63, 3.8) is 0 Å². The van der Waals surface area contributed by atoms with Crippen molar-refractivity contribution in [1.82, 2.24) is 5.32 Å². The van der Waals surface area contributed by atoms with Crippen LogP contribution in [0.4, 0.5) is 0 Å². The molecule has 4 N–H and O–H groups in total. The molecule has 0 rings (SSSR count). The summed E-state index contributed by atoms with van der Waals surface area (Å²) in [5.41, 5.74) is 5.55. The number of nitrogens with one attached hydrogen (secondary N) is 1. The normalized spacial score (nSPS) is 14.0. The van der Waals surface area contributed by atoms with E-state index >= 15 is 0 Å². The molecular weight excluding hydrogens is 192 g/mol. The van der Waals surface area contributed by atoms with Crippen LogP contribution in [0.15, 0.2) is 0 Å². The molecule has 0 aromatic rings. The number of rotatable bonds is 7. The van der Waals surface area contributed by atoms with E-state index in [2.05, 4.69) is 11.2 Å². The standard InChI is InChI=1S/C11H20N2O2/c1-3-4-5-6-7-11(15)13-8-10(12)9(2)14/h1,9-10,14H,4-8,12H2,2H3,(H,13,15). The van der Waals surface area contributed by atoms with Gasteiger partial charge in [-0.2, -0.15) is 0 Å². The molecule has 0 aliphatic rings. The summed E-state index contributed by atoms with van der Waals surface area (Å²) in [4.78, 5) is 11.2. The fourth-order valence-corrected chi connectivity index (χ4v) is 1.00. The smallest absolute Gasteiger partial charge is 0.220 e. The number of nitrogens with two attached hydrogens (primary N) is 1. The van der Waals surface area contributed by atoms with Crippen molar-refractivity contribution in [2.75, 3.05) is 6.54 Å². The summed E-state index contributed by atoms with van der Waals surface area (Å²) in [7, 11) is 0. The van der Waals surface area contributed by atoms with Crippen LogP contribution >= 0.6 is 0 Å². The van der Waals surface area contributed by atoms with E-state index < -0.39 is 12.1 Å². The maximum absolute atomic E-state index is 11.2. The summed E-state index contributed by atoms with van der Waals surface area (Å²) in [6, 6.07) is -0.403. The quantitative estimate of drug-likeness (QED) is 0.411. The third-order valence-electron chi connectivity index (χ3n) is 2.13. The number of amides is 1. The Morgan fingerprint density at radius 1 is 1.60 bits per heavy atom. The Kier molecular flexibility index (Phi) is 7.69. The number of unbranched alkanes of at least 4 members (excludes halogenated alkanes) is 2. The zero-order valence-electron chi connectivity index (χ0n) is 9.20. The average molecular weight is 212 g/mol. The predicted molar refractivity (Wildman–Crippen MR) is 60.0 cm³/mol. The molecule has 0 spiro atoms. The lowest BCUT2D eigenvalue weighted by atomic mass is 10.1. The first-order chi connectivity index (χ1) is 7.07. The van der Waals surface area contributed by atoms with Crippen LogP contribution in [0.25, 0.3) is 0 Å². The molecule has 2 atom stereocenters. The highest BCUT2D eigenvalue weighted by molar-refractivity contribution is 5.75. The van der Waals surface area contributed by atoms with Gasteiger partial charge in [-0.1, -0.05) is 0 Å². The number of aliphatic hydroxyl groups is 1. The van der Waals surface area contributed by atoms with E-state index in [1.165, 1.54) is 0 Å². The maximum atomic E-state index is 11.2. The Hall–Kier alpha value is -1.05. The average Bonchev–Trinajstić information content (AvgIpc) is 2.20. The van der Waals surface area contributed by atoms with Gasteiger partial charge < -0.3 is 16.2 Å². The van der Waals surface area contributed by atoms with Gasteiger partial charge in [0.1, 0.15) is 0 Å². The summed E-state index contributed by atoms with van der Waals surface area (Å²) >= 11 is 0. The summed E-state index contributed by atoms with van der Waals surface area (Å²) < 4.78 is 0. The van der Waals surface area contributed by atoms with E-state index in [9.17, 15) is 4.79 Å². The van der Waals surface area contributed by atoms with Gasteiger partial charge in [0.05, 0.1) is 6.10 Å². The second kappa shape index (κ2) is 8.27. The van der Waals surface area contributed by atoms with Gasteiger partial charge in [-0.25, -0.2) is 0 Å². The fraction of sp³-hybridized carbons (Fsp3) is 0.727. The Morgan fingerprint density at radius 2 is 2.27 bits per heavy atom. The molecule has 0 aliphatic heterocycles. The minimum atomic E-state index is -0.605.